The van der Waals surface area contributed by atoms with Crippen molar-refractivity contribution in [3.05, 3.63) is 0 Å². The highest BCUT2D eigenvalue weighted by atomic mass is 33.7. The van der Waals surface area contributed by atoms with Gasteiger partial charge in [-0.3, -0.25) is 0 Å². The summed E-state index contributed by atoms with van der Waals surface area (Å²) in [6.07, 6.45) is 1.11. The lowest BCUT2D eigenvalue weighted by molar-refractivity contribution is 0.546. The Kier molecular flexibility index (Phi) is 10.3. The van der Waals surface area contributed by atoms with Gasteiger partial charge >= 0.3 is 0 Å². The molecule has 0 saturated heterocycles. The molecule has 0 saturated carbocycles. The van der Waals surface area contributed by atoms with Crippen LogP contribution in [0.25, 0.3) is 0 Å². The second kappa shape index (κ2) is 9.40. The molecule has 0 aromatic rings. The summed E-state index contributed by atoms with van der Waals surface area (Å²) in [6, 6.07) is 0.995. The van der Waals surface area contributed by atoms with Gasteiger partial charge in [-0.25, -0.2) is 0 Å². The predicted octanol–water partition coefficient (Wildman–Crippen LogP) is 4.10. The summed E-state index contributed by atoms with van der Waals surface area (Å²) in [4.78, 5) is 11.6. The van der Waals surface area contributed by atoms with Gasteiger partial charge in [-0.05, 0) is 56.0 Å². The van der Waals surface area contributed by atoms with Gasteiger partial charge in [0, 0.05) is 19.8 Å². The van der Waals surface area contributed by atoms with E-state index in [0.717, 1.165) is 22.5 Å². The molecule has 0 fully saturated rings. The van der Waals surface area contributed by atoms with Gasteiger partial charge < -0.3 is 9.70 Å². The number of rotatable bonds is 7. The van der Waals surface area contributed by atoms with Crippen LogP contribution in [-0.4, -0.2) is 42.2 Å². The Morgan fingerprint density at radius 3 is 2.44 bits per heavy atom. The normalized spacial score (nSPS) is 11.6. The van der Waals surface area contributed by atoms with Crippen molar-refractivity contribution in [1.82, 2.24) is 4.90 Å². The molecule has 0 aliphatic heterocycles. The Morgan fingerprint density at radius 1 is 1.31 bits per heavy atom. The minimum Gasteiger partial charge on any atom is -0.432 e. The Balaban J connectivity index is 3.26. The Labute approximate surface area is 120 Å². The highest BCUT2D eigenvalue weighted by molar-refractivity contribution is 9.27. The van der Waals surface area contributed by atoms with Gasteiger partial charge in [0.2, 0.25) is 0 Å². The highest BCUT2D eigenvalue weighted by Crippen LogP contribution is 2.44. The molecule has 0 spiro atoms. The molecule has 0 aliphatic rings. The summed E-state index contributed by atoms with van der Waals surface area (Å²) in [7, 11) is 9.04. The molecule has 0 bridgehead atoms. The van der Waals surface area contributed by atoms with Gasteiger partial charge in [0.25, 0.3) is 0 Å². The molecule has 0 aromatic heterocycles. The van der Waals surface area contributed by atoms with E-state index in [2.05, 4.69) is 0 Å². The molecule has 8 heteroatoms. The molecule has 0 unspecified atom stereocenters. The minimum absolute atomic E-state index is 0.905. The molecule has 0 amide bonds. The molecule has 0 radical (unpaired) electrons. The van der Waals surface area contributed by atoms with Crippen LogP contribution in [0.3, 0.4) is 0 Å². The summed E-state index contributed by atoms with van der Waals surface area (Å²) < 4.78 is 0.905. The van der Waals surface area contributed by atoms with Crippen LogP contribution in [-0.2, 0) is 0 Å². The van der Waals surface area contributed by atoms with Crippen LogP contribution in [0.1, 0.15) is 6.42 Å². The quantitative estimate of drug-likeness (QED) is 0.324. The van der Waals surface area contributed by atoms with Crippen molar-refractivity contribution in [2.45, 2.75) is 25.6 Å². The summed E-state index contributed by atoms with van der Waals surface area (Å²) in [5.74, 6) is 1.10. The summed E-state index contributed by atoms with van der Waals surface area (Å²) in [6.45, 7) is 3.98. The first kappa shape index (κ1) is 17.5. The topological polar surface area (TPSA) is 23.5 Å². The maximum Gasteiger partial charge on any atom is 0.182 e. The fourth-order valence-electron chi connectivity index (χ4n) is 0.735. The van der Waals surface area contributed by atoms with E-state index in [1.807, 2.05) is 42.9 Å². The average molecular weight is 334 g/mol. The zero-order valence-corrected chi connectivity index (χ0v) is 15.1. The van der Waals surface area contributed by atoms with Gasteiger partial charge in [0.1, 0.15) is 4.32 Å². The third-order valence-electron chi connectivity index (χ3n) is 1.56. The third-order valence-corrected chi connectivity index (χ3v) is 10.4. The van der Waals surface area contributed by atoms with Crippen molar-refractivity contribution < 1.29 is 4.80 Å². The van der Waals surface area contributed by atoms with Crippen molar-refractivity contribution in [2.75, 3.05) is 19.8 Å². The van der Waals surface area contributed by atoms with Gasteiger partial charge in [-0.15, -0.1) is 0 Å². The van der Waals surface area contributed by atoms with E-state index in [-0.39, 0.29) is 0 Å². The summed E-state index contributed by atoms with van der Waals surface area (Å²) in [5, 5.41) is 0. The fraction of sp³-hybridized carbons (Fsp3) is 0.875. The smallest absolute Gasteiger partial charge is 0.182 e. The van der Waals surface area contributed by atoms with Gasteiger partial charge in [0.05, 0.1) is 0 Å². The van der Waals surface area contributed by atoms with Gasteiger partial charge in [-0.1, -0.05) is 23.0 Å². The van der Waals surface area contributed by atoms with E-state index in [1.54, 1.807) is 30.4 Å². The van der Waals surface area contributed by atoms with Crippen molar-refractivity contribution >= 4 is 66.1 Å². The zero-order valence-electron chi connectivity index (χ0n) is 10.1. The Bertz CT molecular complexity index is 209. The monoisotopic (exact) mass is 333 g/mol. The van der Waals surface area contributed by atoms with Gasteiger partial charge in [0.15, 0.2) is 8.32 Å². The lowest BCUT2D eigenvalue weighted by Gasteiger charge is -2.13. The maximum atomic E-state index is 9.65. The molecular formula is C8H19NOS5Si. The molecule has 2 nitrogen and oxygen atoms in total. The molecule has 0 heterocycles. The summed E-state index contributed by atoms with van der Waals surface area (Å²) >= 11 is 5.15. The maximum absolute atomic E-state index is 9.65. The molecule has 0 aliphatic carbocycles. The van der Waals surface area contributed by atoms with Crippen LogP contribution in [0.4, 0.5) is 0 Å². The lowest BCUT2D eigenvalue weighted by atomic mass is 10.6. The standard InChI is InChI=1S/C8H19NOS5Si/c1-9(2)8(11)13-15-14-12-6-5-7-16(3,4)10/h10H,5-7H2,1-4H3. The second-order valence-electron chi connectivity index (χ2n) is 4.12. The zero-order chi connectivity index (χ0) is 12.6. The van der Waals surface area contributed by atoms with E-state index in [1.165, 1.54) is 0 Å². The molecule has 16 heavy (non-hydrogen) atoms. The number of thiocarbonyl (C=S) groups is 1. The fourth-order valence-corrected chi connectivity index (χ4v) is 8.32. The molecule has 0 rings (SSSR count). The first-order chi connectivity index (χ1) is 7.33. The van der Waals surface area contributed by atoms with E-state index < -0.39 is 8.32 Å². The van der Waals surface area contributed by atoms with E-state index >= 15 is 0 Å². The SMILES string of the molecule is CN(C)C(=S)SSSSCCC[Si](C)(C)O. The highest BCUT2D eigenvalue weighted by Gasteiger charge is 2.15. The van der Waals surface area contributed by atoms with E-state index in [9.17, 15) is 4.80 Å². The number of nitrogens with zero attached hydrogens (tertiary/aromatic N) is 1. The molecule has 1 N–H and O–H groups in total. The second-order valence-corrected chi connectivity index (χ2v) is 14.8. The predicted molar refractivity (Wildman–Crippen MR) is 90.6 cm³/mol. The van der Waals surface area contributed by atoms with Crippen LogP contribution in [0.15, 0.2) is 0 Å². The number of hydrogen-bond acceptors (Lipinski definition) is 6. The van der Waals surface area contributed by atoms with Crippen LogP contribution in [0.2, 0.25) is 19.1 Å². The van der Waals surface area contributed by atoms with Crippen LogP contribution < -0.4 is 0 Å². The molecule has 96 valence electrons. The van der Waals surface area contributed by atoms with Crippen molar-refractivity contribution in [1.29, 1.82) is 0 Å². The first-order valence-electron chi connectivity index (χ1n) is 4.89. The summed E-state index contributed by atoms with van der Waals surface area (Å²) in [5.41, 5.74) is 0. The third kappa shape index (κ3) is 11.9. The van der Waals surface area contributed by atoms with Crippen molar-refractivity contribution in [2.24, 2.45) is 0 Å². The number of hydrogen-bond donors (Lipinski definition) is 1. The van der Waals surface area contributed by atoms with E-state index in [0.29, 0.717) is 0 Å². The van der Waals surface area contributed by atoms with Crippen LogP contribution >= 0.6 is 53.5 Å². The average Bonchev–Trinajstić information content (AvgIpc) is 2.14. The van der Waals surface area contributed by atoms with Crippen LogP contribution in [0.5, 0.6) is 0 Å². The van der Waals surface area contributed by atoms with E-state index in [4.69, 9.17) is 12.2 Å². The van der Waals surface area contributed by atoms with Crippen molar-refractivity contribution in [3.63, 3.8) is 0 Å². The Morgan fingerprint density at radius 2 is 1.94 bits per heavy atom. The molecular weight excluding hydrogens is 315 g/mol. The van der Waals surface area contributed by atoms with Crippen molar-refractivity contribution in [3.8, 4) is 0 Å². The minimum atomic E-state index is -1.82. The Hall–Kier alpha value is 1.47. The largest absolute Gasteiger partial charge is 0.432 e. The van der Waals surface area contributed by atoms with Crippen LogP contribution in [0, 0.1) is 0 Å². The lowest BCUT2D eigenvalue weighted by Crippen LogP contribution is -2.24. The molecule has 0 atom stereocenters. The first-order valence-corrected chi connectivity index (χ1v) is 13.4. The molecule has 0 aromatic carbocycles. The van der Waals surface area contributed by atoms with Gasteiger partial charge in [-0.2, -0.15) is 0 Å².